The van der Waals surface area contributed by atoms with Gasteiger partial charge in [0.1, 0.15) is 6.79 Å². The number of hydrogen-bond acceptors (Lipinski definition) is 5. The quantitative estimate of drug-likeness (QED) is 0.474. The average molecular weight is 346 g/mol. The van der Waals surface area contributed by atoms with E-state index in [1.807, 2.05) is 6.07 Å². The van der Waals surface area contributed by atoms with Crippen LogP contribution in [0.4, 0.5) is 0 Å². The molecule has 1 aromatic heterocycles. The van der Waals surface area contributed by atoms with E-state index in [1.54, 1.807) is 7.11 Å². The van der Waals surface area contributed by atoms with Gasteiger partial charge in [-0.1, -0.05) is 12.1 Å². The Morgan fingerprint density at radius 1 is 1.36 bits per heavy atom. The number of nitrogens with one attached hydrogen (secondary N) is 1. The molecule has 0 radical (unpaired) electrons. The van der Waals surface area contributed by atoms with Crippen molar-refractivity contribution in [1.82, 2.24) is 9.88 Å². The van der Waals surface area contributed by atoms with E-state index in [-0.39, 0.29) is 18.3 Å². The molecular weight excluding hydrogens is 320 g/mol. The third kappa shape index (κ3) is 3.56. The van der Waals surface area contributed by atoms with Gasteiger partial charge in [-0.05, 0) is 44.0 Å². The number of carbonyl (C=O) groups is 1. The number of hydrogen-bond donors (Lipinski definition) is 1. The highest BCUT2D eigenvalue weighted by Gasteiger charge is 2.40. The van der Waals surface area contributed by atoms with E-state index in [9.17, 15) is 4.79 Å². The average Bonchev–Trinajstić information content (AvgIpc) is 3.20. The first kappa shape index (κ1) is 17.9. The molecule has 3 rings (SSSR count). The Balaban J connectivity index is 1.90. The van der Waals surface area contributed by atoms with Crippen molar-refractivity contribution in [3.63, 3.8) is 0 Å². The Morgan fingerprint density at radius 3 is 2.96 bits per heavy atom. The number of methoxy groups -OCH3 is 2. The maximum atomic E-state index is 11.8. The molecule has 136 valence electrons. The minimum Gasteiger partial charge on any atom is -0.468 e. The van der Waals surface area contributed by atoms with Crippen molar-refractivity contribution in [3.8, 4) is 0 Å². The van der Waals surface area contributed by atoms with E-state index in [4.69, 9.17) is 14.2 Å². The van der Waals surface area contributed by atoms with Gasteiger partial charge in [-0.25, -0.2) is 0 Å². The predicted octanol–water partition coefficient (Wildman–Crippen LogP) is 2.77. The molecule has 0 unspecified atom stereocenters. The highest BCUT2D eigenvalue weighted by Crippen LogP contribution is 2.39. The molecular formula is C19H26N2O4. The topological polar surface area (TPSA) is 63.8 Å². The fourth-order valence-electron chi connectivity index (χ4n) is 3.67. The lowest BCUT2D eigenvalue weighted by Crippen LogP contribution is -2.42. The molecule has 0 amide bonds. The largest absolute Gasteiger partial charge is 0.468 e. The van der Waals surface area contributed by atoms with Crippen LogP contribution in [0, 0.1) is 0 Å². The Bertz CT molecular complexity index is 742. The summed E-state index contributed by atoms with van der Waals surface area (Å²) in [6, 6.07) is 8.36. The predicted molar refractivity (Wildman–Crippen MR) is 95.1 cm³/mol. The molecule has 25 heavy (non-hydrogen) atoms. The maximum Gasteiger partial charge on any atom is 0.319 e. The summed E-state index contributed by atoms with van der Waals surface area (Å²) in [5.41, 5.74) is 3.14. The number of rotatable bonds is 7. The number of likely N-dealkylation sites (tertiary alicyclic amines) is 1. The lowest BCUT2D eigenvalue weighted by Gasteiger charge is -2.33. The number of aromatic nitrogens is 1. The SMILES string of the molecule is COCOCc1cccc2[nH]c([C@@]3(C)CCCN3CC(=O)OC)cc12. The standard InChI is InChI=1S/C19H26N2O4/c1-19(8-5-9-21(19)11-18(22)24-3)17-10-15-14(12-25-13-23-2)6-4-7-16(15)20-17/h4,6-7,10,20H,5,8-9,11-13H2,1-3H3/t19-/m1/s1. The van der Waals surface area contributed by atoms with Crippen LogP contribution in [-0.2, 0) is 31.2 Å². The van der Waals surface area contributed by atoms with Gasteiger partial charge in [0.25, 0.3) is 0 Å². The third-order valence-electron chi connectivity index (χ3n) is 5.13. The minimum atomic E-state index is -0.197. The van der Waals surface area contributed by atoms with Crippen LogP contribution in [-0.4, -0.2) is 50.0 Å². The molecule has 1 saturated heterocycles. The molecule has 6 heteroatoms. The van der Waals surface area contributed by atoms with Crippen LogP contribution in [0.15, 0.2) is 24.3 Å². The van der Waals surface area contributed by atoms with E-state index in [0.717, 1.165) is 41.5 Å². The number of fused-ring (bicyclic) bond motifs is 1. The molecule has 1 fully saturated rings. The smallest absolute Gasteiger partial charge is 0.319 e. The normalized spacial score (nSPS) is 21.1. The van der Waals surface area contributed by atoms with Crippen molar-refractivity contribution < 1.29 is 19.0 Å². The number of benzene rings is 1. The molecule has 6 nitrogen and oxygen atoms in total. The molecule has 0 bridgehead atoms. The molecule has 1 atom stereocenters. The number of aromatic amines is 1. The number of H-pyrrole nitrogens is 1. The molecule has 1 aliphatic heterocycles. The van der Waals surface area contributed by atoms with Crippen molar-refractivity contribution in [2.24, 2.45) is 0 Å². The molecule has 1 N–H and O–H groups in total. The number of nitrogens with zero attached hydrogens (tertiary/aromatic N) is 1. The second-order valence-electron chi connectivity index (χ2n) is 6.69. The van der Waals surface area contributed by atoms with Gasteiger partial charge in [-0.3, -0.25) is 9.69 Å². The van der Waals surface area contributed by atoms with Gasteiger partial charge in [0.2, 0.25) is 0 Å². The second-order valence-corrected chi connectivity index (χ2v) is 6.69. The van der Waals surface area contributed by atoms with Crippen LogP contribution >= 0.6 is 0 Å². The fraction of sp³-hybridized carbons (Fsp3) is 0.526. The van der Waals surface area contributed by atoms with Crippen molar-refractivity contribution >= 4 is 16.9 Å². The summed E-state index contributed by atoms with van der Waals surface area (Å²) in [7, 11) is 3.05. The van der Waals surface area contributed by atoms with Gasteiger partial charge in [-0.2, -0.15) is 0 Å². The van der Waals surface area contributed by atoms with Crippen LogP contribution in [0.25, 0.3) is 10.9 Å². The zero-order chi connectivity index (χ0) is 17.9. The summed E-state index contributed by atoms with van der Waals surface area (Å²) in [6.45, 7) is 4.18. The van der Waals surface area contributed by atoms with E-state index in [1.165, 1.54) is 7.11 Å². The first-order valence-electron chi connectivity index (χ1n) is 8.58. The van der Waals surface area contributed by atoms with Crippen LogP contribution < -0.4 is 0 Å². The Morgan fingerprint density at radius 2 is 2.20 bits per heavy atom. The van der Waals surface area contributed by atoms with E-state index in [2.05, 4.69) is 35.0 Å². The van der Waals surface area contributed by atoms with E-state index < -0.39 is 0 Å². The lowest BCUT2D eigenvalue weighted by atomic mass is 9.94. The Hall–Kier alpha value is -1.89. The van der Waals surface area contributed by atoms with Crippen molar-refractivity contribution in [2.45, 2.75) is 31.9 Å². The summed E-state index contributed by atoms with van der Waals surface area (Å²) in [5.74, 6) is -0.196. The third-order valence-corrected chi connectivity index (χ3v) is 5.13. The highest BCUT2D eigenvalue weighted by molar-refractivity contribution is 5.84. The molecule has 2 aromatic rings. The van der Waals surface area contributed by atoms with Crippen LogP contribution in [0.3, 0.4) is 0 Å². The molecule has 1 aliphatic rings. The summed E-state index contributed by atoms with van der Waals surface area (Å²) >= 11 is 0. The molecule has 0 saturated carbocycles. The van der Waals surface area contributed by atoms with Gasteiger partial charge >= 0.3 is 5.97 Å². The van der Waals surface area contributed by atoms with Crippen LogP contribution in [0.5, 0.6) is 0 Å². The number of ether oxygens (including phenoxy) is 3. The van der Waals surface area contributed by atoms with Crippen molar-refractivity contribution in [3.05, 3.63) is 35.5 Å². The van der Waals surface area contributed by atoms with Gasteiger partial charge in [-0.15, -0.1) is 0 Å². The van der Waals surface area contributed by atoms with Gasteiger partial charge in [0, 0.05) is 23.7 Å². The van der Waals surface area contributed by atoms with Crippen molar-refractivity contribution in [1.29, 1.82) is 0 Å². The fourth-order valence-corrected chi connectivity index (χ4v) is 3.67. The first-order valence-corrected chi connectivity index (χ1v) is 8.58. The summed E-state index contributed by atoms with van der Waals surface area (Å²) < 4.78 is 15.3. The molecule has 0 spiro atoms. The lowest BCUT2D eigenvalue weighted by molar-refractivity contribution is -0.143. The number of esters is 1. The summed E-state index contributed by atoms with van der Waals surface area (Å²) in [5, 5.41) is 1.15. The van der Waals surface area contributed by atoms with E-state index >= 15 is 0 Å². The molecule has 2 heterocycles. The van der Waals surface area contributed by atoms with Gasteiger partial charge in [0.05, 0.1) is 25.8 Å². The molecule has 0 aliphatic carbocycles. The zero-order valence-corrected chi connectivity index (χ0v) is 15.1. The van der Waals surface area contributed by atoms with E-state index in [0.29, 0.717) is 13.2 Å². The van der Waals surface area contributed by atoms with Crippen LogP contribution in [0.2, 0.25) is 0 Å². The monoisotopic (exact) mass is 346 g/mol. The van der Waals surface area contributed by atoms with Gasteiger partial charge < -0.3 is 19.2 Å². The second kappa shape index (κ2) is 7.56. The Labute approximate surface area is 148 Å². The number of carbonyl (C=O) groups excluding carboxylic acids is 1. The van der Waals surface area contributed by atoms with Gasteiger partial charge in [0.15, 0.2) is 0 Å². The maximum absolute atomic E-state index is 11.8. The summed E-state index contributed by atoms with van der Waals surface area (Å²) in [6.07, 6.45) is 2.07. The highest BCUT2D eigenvalue weighted by atomic mass is 16.7. The first-order chi connectivity index (χ1) is 12.1. The summed E-state index contributed by atoms with van der Waals surface area (Å²) in [4.78, 5) is 17.5. The van der Waals surface area contributed by atoms with Crippen molar-refractivity contribution in [2.75, 3.05) is 34.1 Å². The minimum absolute atomic E-state index is 0.196. The van der Waals surface area contributed by atoms with Crippen LogP contribution in [0.1, 0.15) is 31.0 Å². The Kier molecular flexibility index (Phi) is 5.42. The molecule has 1 aromatic carbocycles. The zero-order valence-electron chi connectivity index (χ0n) is 15.1.